The fourth-order valence-corrected chi connectivity index (χ4v) is 2.07. The van der Waals surface area contributed by atoms with E-state index in [-0.39, 0.29) is 0 Å². The molecule has 0 bridgehead atoms. The smallest absolute Gasteiger partial charge is 0.231 e. The van der Waals surface area contributed by atoms with Crippen molar-refractivity contribution in [2.24, 2.45) is 0 Å². The highest BCUT2D eigenvalue weighted by Crippen LogP contribution is 2.35. The van der Waals surface area contributed by atoms with Gasteiger partial charge in [0, 0.05) is 10.7 Å². The molecule has 1 aromatic carbocycles. The van der Waals surface area contributed by atoms with Crippen molar-refractivity contribution < 1.29 is 14.2 Å². The maximum atomic E-state index is 5.31. The molecule has 0 radical (unpaired) electrons. The number of ether oxygens (including phenoxy) is 3. The second-order valence-corrected chi connectivity index (χ2v) is 4.20. The van der Waals surface area contributed by atoms with Gasteiger partial charge >= 0.3 is 0 Å². The molecule has 1 aromatic rings. The van der Waals surface area contributed by atoms with Gasteiger partial charge in [0.05, 0.1) is 6.61 Å². The molecule has 1 aliphatic rings. The number of halogens is 1. The first-order valence-corrected chi connectivity index (χ1v) is 5.46. The third-order valence-electron chi connectivity index (χ3n) is 2.12. The molecule has 1 heterocycles. The van der Waals surface area contributed by atoms with Gasteiger partial charge in [-0.15, -0.1) is 0 Å². The summed E-state index contributed by atoms with van der Waals surface area (Å²) in [5, 5.41) is 0. The van der Waals surface area contributed by atoms with E-state index < -0.39 is 0 Å². The van der Waals surface area contributed by atoms with Crippen LogP contribution in [0.1, 0.15) is 5.56 Å². The van der Waals surface area contributed by atoms with Gasteiger partial charge in [0.25, 0.3) is 0 Å². The summed E-state index contributed by atoms with van der Waals surface area (Å²) in [5.41, 5.74) is 1.25. The minimum absolute atomic E-state index is 0.332. The van der Waals surface area contributed by atoms with Crippen molar-refractivity contribution in [3.63, 3.8) is 0 Å². The fraction of sp³-hybridized carbons (Fsp3) is 0.400. The lowest BCUT2D eigenvalue weighted by atomic mass is 10.1. The van der Waals surface area contributed by atoms with Crippen LogP contribution in [0, 0.1) is 3.57 Å². The highest BCUT2D eigenvalue weighted by atomic mass is 127. The average molecular weight is 306 g/mol. The third-order valence-corrected chi connectivity index (χ3v) is 3.12. The van der Waals surface area contributed by atoms with Crippen LogP contribution in [-0.2, 0) is 11.2 Å². The van der Waals surface area contributed by atoms with Crippen LogP contribution in [0.2, 0.25) is 0 Å². The Kier molecular flexibility index (Phi) is 3.12. The van der Waals surface area contributed by atoms with Gasteiger partial charge in [-0.25, -0.2) is 0 Å². The SMILES string of the molecule is COCCc1cc2c(cc1I)OCO2. The van der Waals surface area contributed by atoms with Gasteiger partial charge in [-0.3, -0.25) is 0 Å². The first kappa shape index (κ1) is 10.0. The minimum atomic E-state index is 0.332. The summed E-state index contributed by atoms with van der Waals surface area (Å²) in [6.45, 7) is 1.06. The summed E-state index contributed by atoms with van der Waals surface area (Å²) in [7, 11) is 1.71. The van der Waals surface area contributed by atoms with E-state index in [0.717, 1.165) is 24.5 Å². The van der Waals surface area contributed by atoms with E-state index in [1.165, 1.54) is 9.13 Å². The Balaban J connectivity index is 2.23. The molecular formula is C10H11IO3. The molecule has 0 N–H and O–H groups in total. The molecule has 0 aliphatic carbocycles. The molecule has 0 saturated heterocycles. The standard InChI is InChI=1S/C10H11IO3/c1-12-3-2-7-4-9-10(5-8(7)11)14-6-13-9/h4-5H,2-3,6H2,1H3. The first-order chi connectivity index (χ1) is 6.81. The molecule has 1 aliphatic heterocycles. The highest BCUT2D eigenvalue weighted by Gasteiger charge is 2.15. The number of methoxy groups -OCH3 is 1. The lowest BCUT2D eigenvalue weighted by Crippen LogP contribution is -1.96. The van der Waals surface area contributed by atoms with E-state index in [1.54, 1.807) is 7.11 Å². The Labute approximate surface area is 96.5 Å². The summed E-state index contributed by atoms with van der Waals surface area (Å²) in [6.07, 6.45) is 0.908. The Morgan fingerprint density at radius 1 is 1.36 bits per heavy atom. The number of fused-ring (bicyclic) bond motifs is 1. The van der Waals surface area contributed by atoms with Gasteiger partial charge in [-0.1, -0.05) is 0 Å². The lowest BCUT2D eigenvalue weighted by Gasteiger charge is -2.05. The first-order valence-electron chi connectivity index (χ1n) is 4.38. The van der Waals surface area contributed by atoms with Crippen LogP contribution in [0.3, 0.4) is 0 Å². The van der Waals surface area contributed by atoms with Crippen LogP contribution in [0.4, 0.5) is 0 Å². The molecule has 4 heteroatoms. The molecule has 2 rings (SSSR count). The second kappa shape index (κ2) is 4.35. The van der Waals surface area contributed by atoms with E-state index in [1.807, 2.05) is 12.1 Å². The van der Waals surface area contributed by atoms with E-state index >= 15 is 0 Å². The molecule has 0 saturated carbocycles. The maximum Gasteiger partial charge on any atom is 0.231 e. The van der Waals surface area contributed by atoms with Crippen molar-refractivity contribution in [1.29, 1.82) is 0 Å². The highest BCUT2D eigenvalue weighted by molar-refractivity contribution is 14.1. The Bertz CT molecular complexity index is 338. The van der Waals surface area contributed by atoms with Crippen molar-refractivity contribution >= 4 is 22.6 Å². The van der Waals surface area contributed by atoms with Crippen molar-refractivity contribution in [2.45, 2.75) is 6.42 Å². The predicted molar refractivity (Wildman–Crippen MR) is 60.9 cm³/mol. The molecule has 0 fully saturated rings. The van der Waals surface area contributed by atoms with Crippen LogP contribution in [0.25, 0.3) is 0 Å². The van der Waals surface area contributed by atoms with Crippen molar-refractivity contribution in [3.05, 3.63) is 21.3 Å². The monoisotopic (exact) mass is 306 g/mol. The van der Waals surface area contributed by atoms with Gasteiger partial charge in [-0.05, 0) is 46.7 Å². The molecule has 0 unspecified atom stereocenters. The summed E-state index contributed by atoms with van der Waals surface area (Å²) in [5.74, 6) is 1.69. The molecule has 0 amide bonds. The molecule has 0 spiro atoms. The number of rotatable bonds is 3. The van der Waals surface area contributed by atoms with E-state index in [4.69, 9.17) is 14.2 Å². The largest absolute Gasteiger partial charge is 0.454 e. The topological polar surface area (TPSA) is 27.7 Å². The molecule has 3 nitrogen and oxygen atoms in total. The summed E-state index contributed by atoms with van der Waals surface area (Å²) in [6, 6.07) is 4.04. The summed E-state index contributed by atoms with van der Waals surface area (Å²) < 4.78 is 16.8. The maximum absolute atomic E-state index is 5.31. The van der Waals surface area contributed by atoms with Crippen molar-refractivity contribution in [2.75, 3.05) is 20.5 Å². The molecule has 0 aromatic heterocycles. The van der Waals surface area contributed by atoms with Crippen molar-refractivity contribution in [1.82, 2.24) is 0 Å². The molecule has 76 valence electrons. The third kappa shape index (κ3) is 1.95. The molecule has 0 atom stereocenters. The predicted octanol–water partition coefficient (Wildman–Crippen LogP) is 2.21. The van der Waals surface area contributed by atoms with Gasteiger partial charge in [0.15, 0.2) is 11.5 Å². The zero-order chi connectivity index (χ0) is 9.97. The molecular weight excluding hydrogens is 295 g/mol. The average Bonchev–Trinajstić information content (AvgIpc) is 2.61. The van der Waals surface area contributed by atoms with Crippen LogP contribution < -0.4 is 9.47 Å². The van der Waals surface area contributed by atoms with Gasteiger partial charge in [-0.2, -0.15) is 0 Å². The number of benzene rings is 1. The quantitative estimate of drug-likeness (QED) is 0.801. The van der Waals surface area contributed by atoms with E-state index in [2.05, 4.69) is 22.6 Å². The second-order valence-electron chi connectivity index (χ2n) is 3.04. The Hall–Kier alpha value is -0.490. The normalized spacial score (nSPS) is 13.3. The van der Waals surface area contributed by atoms with Gasteiger partial charge in [0.2, 0.25) is 6.79 Å². The fourth-order valence-electron chi connectivity index (χ4n) is 1.36. The van der Waals surface area contributed by atoms with E-state index in [0.29, 0.717) is 6.79 Å². The Morgan fingerprint density at radius 3 is 2.79 bits per heavy atom. The summed E-state index contributed by atoms with van der Waals surface area (Å²) in [4.78, 5) is 0. The zero-order valence-electron chi connectivity index (χ0n) is 7.88. The summed E-state index contributed by atoms with van der Waals surface area (Å²) >= 11 is 2.30. The van der Waals surface area contributed by atoms with Crippen molar-refractivity contribution in [3.8, 4) is 11.5 Å². The molecule has 14 heavy (non-hydrogen) atoms. The van der Waals surface area contributed by atoms with Crippen LogP contribution in [-0.4, -0.2) is 20.5 Å². The zero-order valence-corrected chi connectivity index (χ0v) is 10.0. The van der Waals surface area contributed by atoms with Gasteiger partial charge < -0.3 is 14.2 Å². The minimum Gasteiger partial charge on any atom is -0.454 e. The number of hydrogen-bond acceptors (Lipinski definition) is 3. The van der Waals surface area contributed by atoms with Crippen LogP contribution in [0.15, 0.2) is 12.1 Å². The van der Waals surface area contributed by atoms with Crippen LogP contribution >= 0.6 is 22.6 Å². The van der Waals surface area contributed by atoms with E-state index in [9.17, 15) is 0 Å². The Morgan fingerprint density at radius 2 is 2.07 bits per heavy atom. The van der Waals surface area contributed by atoms with Crippen LogP contribution in [0.5, 0.6) is 11.5 Å². The number of hydrogen-bond donors (Lipinski definition) is 0. The lowest BCUT2D eigenvalue weighted by molar-refractivity contribution is 0.174. The van der Waals surface area contributed by atoms with Gasteiger partial charge in [0.1, 0.15) is 0 Å².